The van der Waals surface area contributed by atoms with Gasteiger partial charge in [0.25, 0.3) is 0 Å². The fourth-order valence-corrected chi connectivity index (χ4v) is 3.65. The van der Waals surface area contributed by atoms with Crippen molar-refractivity contribution in [3.05, 3.63) is 76.1 Å². The Morgan fingerprint density at radius 2 is 1.65 bits per heavy atom. The Hall–Kier alpha value is -4.67. The van der Waals surface area contributed by atoms with E-state index in [-0.39, 0.29) is 17.9 Å². The molecule has 3 N–H and O–H groups in total. The van der Waals surface area contributed by atoms with Crippen LogP contribution in [-0.2, 0) is 30.5 Å². The minimum Gasteiger partial charge on any atom is -0.461 e. The Morgan fingerprint density at radius 3 is 2.33 bits per heavy atom. The maximum atomic E-state index is 13.2. The first-order valence-corrected chi connectivity index (χ1v) is 12.7. The fraction of sp³-hybridized carbons (Fsp3) is 0.345. The van der Waals surface area contributed by atoms with Gasteiger partial charge in [0.2, 0.25) is 11.8 Å². The van der Waals surface area contributed by atoms with E-state index in [0.717, 1.165) is 5.56 Å². The first-order valence-electron chi connectivity index (χ1n) is 12.7. The second-order valence-corrected chi connectivity index (χ2v) is 10.2. The number of carbonyl (C=O) groups excluding carboxylic acids is 4. The molecule has 11 heteroatoms. The zero-order valence-electron chi connectivity index (χ0n) is 23.0. The molecule has 0 radical (unpaired) electrons. The van der Waals surface area contributed by atoms with Crippen molar-refractivity contribution < 1.29 is 33.1 Å². The molecule has 3 amide bonds. The van der Waals surface area contributed by atoms with Crippen LogP contribution in [0.15, 0.2) is 63.8 Å². The molecule has 1 heterocycles. The highest BCUT2D eigenvalue weighted by atomic mass is 16.6. The van der Waals surface area contributed by atoms with Crippen molar-refractivity contribution in [2.75, 3.05) is 5.32 Å². The molecular weight excluding hydrogens is 518 g/mol. The number of hydrogen-bond donors (Lipinski definition) is 3. The molecule has 3 aromatic rings. The van der Waals surface area contributed by atoms with Crippen LogP contribution in [0, 0.1) is 6.92 Å². The third kappa shape index (κ3) is 8.97. The smallest absolute Gasteiger partial charge is 0.408 e. The number of anilines is 1. The topological polar surface area (TPSA) is 153 Å². The summed E-state index contributed by atoms with van der Waals surface area (Å²) >= 11 is 0. The van der Waals surface area contributed by atoms with Gasteiger partial charge in [0.1, 0.15) is 29.9 Å². The van der Waals surface area contributed by atoms with Gasteiger partial charge in [-0.25, -0.2) is 9.59 Å². The van der Waals surface area contributed by atoms with Crippen LogP contribution in [0.2, 0.25) is 0 Å². The van der Waals surface area contributed by atoms with Crippen LogP contribution in [-0.4, -0.2) is 41.6 Å². The van der Waals surface area contributed by atoms with Crippen molar-refractivity contribution in [2.24, 2.45) is 0 Å². The number of amides is 3. The fourth-order valence-electron chi connectivity index (χ4n) is 3.65. The second kappa shape index (κ2) is 12.9. The zero-order valence-corrected chi connectivity index (χ0v) is 23.0. The highest BCUT2D eigenvalue weighted by Crippen LogP contribution is 2.21. The summed E-state index contributed by atoms with van der Waals surface area (Å²) in [4.78, 5) is 62.6. The molecule has 2 aromatic carbocycles. The van der Waals surface area contributed by atoms with Gasteiger partial charge in [-0.05, 0) is 57.9 Å². The molecule has 3 rings (SSSR count). The van der Waals surface area contributed by atoms with Crippen molar-refractivity contribution in [3.63, 3.8) is 0 Å². The number of hydrogen-bond acceptors (Lipinski definition) is 8. The lowest BCUT2D eigenvalue weighted by molar-refractivity contribution is -0.147. The lowest BCUT2D eigenvalue weighted by atomic mass is 10.1. The van der Waals surface area contributed by atoms with Gasteiger partial charge in [0.15, 0.2) is 0 Å². The Bertz CT molecular complexity index is 1440. The summed E-state index contributed by atoms with van der Waals surface area (Å²) in [6.07, 6.45) is -1.29. The molecule has 11 nitrogen and oxygen atoms in total. The van der Waals surface area contributed by atoms with Gasteiger partial charge in [-0.1, -0.05) is 30.3 Å². The van der Waals surface area contributed by atoms with Crippen molar-refractivity contribution >= 4 is 40.5 Å². The summed E-state index contributed by atoms with van der Waals surface area (Å²) < 4.78 is 15.7. The average molecular weight is 552 g/mol. The molecule has 0 unspecified atom stereocenters. The van der Waals surface area contributed by atoms with Gasteiger partial charge in [-0.15, -0.1) is 0 Å². The Balaban J connectivity index is 1.74. The van der Waals surface area contributed by atoms with Crippen molar-refractivity contribution in [3.8, 4) is 0 Å². The zero-order chi connectivity index (χ0) is 29.4. The minimum absolute atomic E-state index is 0.0123. The van der Waals surface area contributed by atoms with E-state index in [1.54, 1.807) is 64.1 Å². The SMILES string of the molecule is Cc1cc(=O)oc2cc(NC(=O)[C@H](CC(=O)OCc3ccccc3)NC(=O)[C@H](C)NC(=O)OC(C)(C)C)ccc12. The van der Waals surface area contributed by atoms with E-state index >= 15 is 0 Å². The van der Waals surface area contributed by atoms with E-state index in [0.29, 0.717) is 10.9 Å². The number of esters is 1. The van der Waals surface area contributed by atoms with Crippen LogP contribution < -0.4 is 21.6 Å². The van der Waals surface area contributed by atoms with E-state index in [2.05, 4.69) is 16.0 Å². The number of benzene rings is 2. The Kier molecular flexibility index (Phi) is 9.65. The Labute approximate surface area is 231 Å². The van der Waals surface area contributed by atoms with Gasteiger partial charge in [0, 0.05) is 23.2 Å². The van der Waals surface area contributed by atoms with E-state index in [9.17, 15) is 24.0 Å². The summed E-state index contributed by atoms with van der Waals surface area (Å²) in [5, 5.41) is 8.21. The number of aryl methyl sites for hydroxylation is 1. The number of fused-ring (bicyclic) bond motifs is 1. The van der Waals surface area contributed by atoms with E-state index in [1.807, 2.05) is 6.07 Å². The molecule has 0 saturated carbocycles. The van der Waals surface area contributed by atoms with Crippen LogP contribution in [0.1, 0.15) is 45.2 Å². The molecule has 0 aliphatic heterocycles. The molecule has 212 valence electrons. The van der Waals surface area contributed by atoms with Crippen molar-refractivity contribution in [1.29, 1.82) is 0 Å². The predicted octanol–water partition coefficient (Wildman–Crippen LogP) is 3.57. The van der Waals surface area contributed by atoms with Crippen LogP contribution in [0.4, 0.5) is 10.5 Å². The third-order valence-corrected chi connectivity index (χ3v) is 5.59. The summed E-state index contributed by atoms with van der Waals surface area (Å²) in [7, 11) is 0. The van der Waals surface area contributed by atoms with Gasteiger partial charge in [-0.3, -0.25) is 14.4 Å². The molecule has 0 bridgehead atoms. The van der Waals surface area contributed by atoms with Crippen molar-refractivity contribution in [2.45, 2.75) is 65.3 Å². The number of rotatable bonds is 9. The van der Waals surface area contributed by atoms with E-state index in [1.165, 1.54) is 19.1 Å². The maximum absolute atomic E-state index is 13.2. The molecule has 0 saturated heterocycles. The average Bonchev–Trinajstić information content (AvgIpc) is 2.86. The molecule has 0 aliphatic rings. The second-order valence-electron chi connectivity index (χ2n) is 10.2. The summed E-state index contributed by atoms with van der Waals surface area (Å²) in [6, 6.07) is 12.7. The highest BCUT2D eigenvalue weighted by Gasteiger charge is 2.28. The summed E-state index contributed by atoms with van der Waals surface area (Å²) in [6.45, 7) is 8.20. The Morgan fingerprint density at radius 1 is 0.950 bits per heavy atom. The quantitative estimate of drug-likeness (QED) is 0.270. The molecule has 0 fully saturated rings. The van der Waals surface area contributed by atoms with Crippen molar-refractivity contribution in [1.82, 2.24) is 10.6 Å². The van der Waals surface area contributed by atoms with E-state index < -0.39 is 53.6 Å². The minimum atomic E-state index is -1.35. The molecule has 1 aromatic heterocycles. The molecule has 40 heavy (non-hydrogen) atoms. The summed E-state index contributed by atoms with van der Waals surface area (Å²) in [5.41, 5.74) is 0.698. The predicted molar refractivity (Wildman–Crippen MR) is 147 cm³/mol. The first-order chi connectivity index (χ1) is 18.8. The number of carbonyl (C=O) groups is 4. The van der Waals surface area contributed by atoms with Crippen LogP contribution in [0.5, 0.6) is 0 Å². The van der Waals surface area contributed by atoms with Gasteiger partial charge >= 0.3 is 17.7 Å². The van der Waals surface area contributed by atoms with Crippen LogP contribution >= 0.6 is 0 Å². The van der Waals surface area contributed by atoms with Gasteiger partial charge in [-0.2, -0.15) is 0 Å². The lowest BCUT2D eigenvalue weighted by Gasteiger charge is -2.23. The standard InChI is InChI=1S/C29H33N3O8/c1-17-13-25(34)39-23-14-20(11-12-21(17)23)31-27(36)22(15-24(33)38-16-19-9-7-6-8-10-19)32-26(35)18(2)30-28(37)40-29(3,4)5/h6-14,18,22H,15-16H2,1-5H3,(H,30,37)(H,31,36)(H,32,35)/t18-,22-/m0/s1. The summed E-state index contributed by atoms with van der Waals surface area (Å²) in [5.74, 6) is -2.16. The maximum Gasteiger partial charge on any atom is 0.408 e. The largest absolute Gasteiger partial charge is 0.461 e. The number of ether oxygens (including phenoxy) is 2. The van der Waals surface area contributed by atoms with Crippen LogP contribution in [0.25, 0.3) is 11.0 Å². The van der Waals surface area contributed by atoms with Crippen LogP contribution in [0.3, 0.4) is 0 Å². The lowest BCUT2D eigenvalue weighted by Crippen LogP contribution is -2.52. The monoisotopic (exact) mass is 551 g/mol. The first kappa shape index (κ1) is 29.9. The molecule has 2 atom stereocenters. The molecule has 0 spiro atoms. The normalized spacial score (nSPS) is 12.6. The number of alkyl carbamates (subject to hydrolysis) is 1. The highest BCUT2D eigenvalue weighted by molar-refractivity contribution is 6.01. The van der Waals surface area contributed by atoms with E-state index in [4.69, 9.17) is 13.9 Å². The third-order valence-electron chi connectivity index (χ3n) is 5.59. The molecule has 0 aliphatic carbocycles. The number of nitrogens with one attached hydrogen (secondary N) is 3. The van der Waals surface area contributed by atoms with Gasteiger partial charge < -0.3 is 29.8 Å². The van der Waals surface area contributed by atoms with Gasteiger partial charge in [0.05, 0.1) is 6.42 Å². The molecular formula is C29H33N3O8.